The molecule has 94 valence electrons. The Hall–Kier alpha value is -1.29. The Kier molecular flexibility index (Phi) is 4.75. The van der Waals surface area contributed by atoms with E-state index in [4.69, 9.17) is 11.6 Å². The molecule has 0 aliphatic carbocycles. The SMILES string of the molecule is CC(C)CN(C)c1ccc(CCl)cc1[N+](=O)[O-]. The van der Waals surface area contributed by atoms with Crippen molar-refractivity contribution < 1.29 is 4.92 Å². The van der Waals surface area contributed by atoms with Gasteiger partial charge in [-0.25, -0.2) is 0 Å². The number of nitro groups is 1. The van der Waals surface area contributed by atoms with Crippen LogP contribution in [0.5, 0.6) is 0 Å². The third kappa shape index (κ3) is 3.60. The molecule has 0 bridgehead atoms. The predicted octanol–water partition coefficient (Wildman–Crippen LogP) is 3.43. The second-order valence-corrected chi connectivity index (χ2v) is 4.76. The smallest absolute Gasteiger partial charge is 0.292 e. The standard InChI is InChI=1S/C12H17ClN2O2/c1-9(2)8-14(3)11-5-4-10(7-13)6-12(11)15(16)17/h4-6,9H,7-8H2,1-3H3. The maximum atomic E-state index is 11.0. The number of hydrogen-bond acceptors (Lipinski definition) is 3. The first kappa shape index (κ1) is 13.8. The third-order valence-electron chi connectivity index (χ3n) is 2.44. The summed E-state index contributed by atoms with van der Waals surface area (Å²) in [6.45, 7) is 4.94. The molecule has 0 atom stereocenters. The fraction of sp³-hybridized carbons (Fsp3) is 0.500. The van der Waals surface area contributed by atoms with Crippen LogP contribution in [0.1, 0.15) is 19.4 Å². The van der Waals surface area contributed by atoms with Crippen LogP contribution in [0.2, 0.25) is 0 Å². The van der Waals surface area contributed by atoms with Gasteiger partial charge in [-0.05, 0) is 17.5 Å². The Morgan fingerprint density at radius 2 is 2.12 bits per heavy atom. The third-order valence-corrected chi connectivity index (χ3v) is 2.75. The van der Waals surface area contributed by atoms with Crippen molar-refractivity contribution >= 4 is 23.0 Å². The van der Waals surface area contributed by atoms with Crippen LogP contribution < -0.4 is 4.90 Å². The van der Waals surface area contributed by atoms with Crippen molar-refractivity contribution in [3.05, 3.63) is 33.9 Å². The average Bonchev–Trinajstić information content (AvgIpc) is 2.27. The van der Waals surface area contributed by atoms with E-state index in [1.165, 1.54) is 0 Å². The van der Waals surface area contributed by atoms with Crippen LogP contribution in [-0.2, 0) is 5.88 Å². The van der Waals surface area contributed by atoms with Crippen molar-refractivity contribution in [3.63, 3.8) is 0 Å². The Bertz CT molecular complexity index is 407. The zero-order valence-corrected chi connectivity index (χ0v) is 11.1. The Morgan fingerprint density at radius 1 is 1.47 bits per heavy atom. The maximum Gasteiger partial charge on any atom is 0.292 e. The Labute approximate surface area is 106 Å². The van der Waals surface area contributed by atoms with Crippen molar-refractivity contribution in [2.24, 2.45) is 5.92 Å². The first-order valence-electron chi connectivity index (χ1n) is 5.50. The van der Waals surface area contributed by atoms with E-state index in [1.54, 1.807) is 12.1 Å². The summed E-state index contributed by atoms with van der Waals surface area (Å²) in [5.41, 5.74) is 1.52. The number of nitro benzene ring substituents is 1. The predicted molar refractivity (Wildman–Crippen MR) is 70.8 cm³/mol. The zero-order chi connectivity index (χ0) is 13.0. The van der Waals surface area contributed by atoms with Crippen LogP contribution in [0.3, 0.4) is 0 Å². The lowest BCUT2D eigenvalue weighted by Crippen LogP contribution is -2.23. The molecule has 0 aliphatic rings. The summed E-state index contributed by atoms with van der Waals surface area (Å²) in [6.07, 6.45) is 0. The summed E-state index contributed by atoms with van der Waals surface area (Å²) >= 11 is 5.68. The molecule has 1 rings (SSSR count). The zero-order valence-electron chi connectivity index (χ0n) is 10.3. The van der Waals surface area contributed by atoms with Crippen LogP contribution >= 0.6 is 11.6 Å². The van der Waals surface area contributed by atoms with Crippen LogP contribution in [0, 0.1) is 16.0 Å². The highest BCUT2D eigenvalue weighted by molar-refractivity contribution is 6.17. The van der Waals surface area contributed by atoms with Gasteiger partial charge in [0.2, 0.25) is 0 Å². The molecule has 17 heavy (non-hydrogen) atoms. The molecule has 0 saturated heterocycles. The number of nitrogens with zero attached hydrogens (tertiary/aromatic N) is 2. The van der Waals surface area contributed by atoms with Gasteiger partial charge in [-0.2, -0.15) is 0 Å². The minimum atomic E-state index is -0.359. The van der Waals surface area contributed by atoms with Gasteiger partial charge >= 0.3 is 0 Å². The van der Waals surface area contributed by atoms with Gasteiger partial charge in [0.15, 0.2) is 0 Å². The first-order chi connectivity index (χ1) is 7.95. The van der Waals surface area contributed by atoms with Gasteiger partial charge in [0.25, 0.3) is 5.69 Å². The maximum absolute atomic E-state index is 11.0. The minimum Gasteiger partial charge on any atom is -0.369 e. The number of benzene rings is 1. The molecule has 0 radical (unpaired) electrons. The molecule has 0 unspecified atom stereocenters. The van der Waals surface area contributed by atoms with Crippen molar-refractivity contribution in [1.29, 1.82) is 0 Å². The summed E-state index contributed by atoms with van der Waals surface area (Å²) in [6, 6.07) is 5.13. The second-order valence-electron chi connectivity index (χ2n) is 4.49. The highest BCUT2D eigenvalue weighted by Crippen LogP contribution is 2.29. The molecule has 0 aliphatic heterocycles. The number of halogens is 1. The van der Waals surface area contributed by atoms with Crippen molar-refractivity contribution in [2.45, 2.75) is 19.7 Å². The Balaban J connectivity index is 3.09. The van der Waals surface area contributed by atoms with Crippen LogP contribution in [0.4, 0.5) is 11.4 Å². The molecule has 0 spiro atoms. The van der Waals surface area contributed by atoms with Gasteiger partial charge in [0.1, 0.15) is 5.69 Å². The number of alkyl halides is 1. The van der Waals surface area contributed by atoms with Gasteiger partial charge in [-0.1, -0.05) is 19.9 Å². The summed E-state index contributed by atoms with van der Waals surface area (Å²) in [7, 11) is 1.86. The molecule has 1 aromatic rings. The number of hydrogen-bond donors (Lipinski definition) is 0. The molecular weight excluding hydrogens is 240 g/mol. The quantitative estimate of drug-likeness (QED) is 0.461. The normalized spacial score (nSPS) is 10.6. The fourth-order valence-corrected chi connectivity index (χ4v) is 1.93. The molecular formula is C12H17ClN2O2. The summed E-state index contributed by atoms with van der Waals surface area (Å²) in [4.78, 5) is 12.6. The van der Waals surface area contributed by atoms with E-state index < -0.39 is 0 Å². The van der Waals surface area contributed by atoms with Crippen LogP contribution in [0.15, 0.2) is 18.2 Å². The van der Waals surface area contributed by atoms with Crippen molar-refractivity contribution in [3.8, 4) is 0 Å². The average molecular weight is 257 g/mol. The molecule has 5 heteroatoms. The number of rotatable bonds is 5. The molecule has 0 saturated carbocycles. The lowest BCUT2D eigenvalue weighted by Gasteiger charge is -2.21. The molecule has 1 aromatic carbocycles. The highest BCUT2D eigenvalue weighted by atomic mass is 35.5. The van der Waals surface area contributed by atoms with Gasteiger partial charge < -0.3 is 4.90 Å². The van der Waals surface area contributed by atoms with Gasteiger partial charge in [0, 0.05) is 25.5 Å². The van der Waals surface area contributed by atoms with E-state index in [0.29, 0.717) is 11.6 Å². The van der Waals surface area contributed by atoms with E-state index in [2.05, 4.69) is 13.8 Å². The first-order valence-corrected chi connectivity index (χ1v) is 6.03. The van der Waals surface area contributed by atoms with Crippen molar-refractivity contribution in [2.75, 3.05) is 18.5 Å². The molecule has 0 heterocycles. The summed E-state index contributed by atoms with van der Waals surface area (Å²) in [5.74, 6) is 0.738. The topological polar surface area (TPSA) is 46.4 Å². The van der Waals surface area contributed by atoms with Gasteiger partial charge in [-0.3, -0.25) is 10.1 Å². The van der Waals surface area contributed by atoms with E-state index >= 15 is 0 Å². The molecule has 0 fully saturated rings. The Morgan fingerprint density at radius 3 is 2.59 bits per heavy atom. The molecule has 0 aromatic heterocycles. The monoisotopic (exact) mass is 256 g/mol. The fourth-order valence-electron chi connectivity index (χ4n) is 1.77. The van der Waals surface area contributed by atoms with Crippen LogP contribution in [0.25, 0.3) is 0 Å². The van der Waals surface area contributed by atoms with E-state index in [1.807, 2.05) is 18.0 Å². The van der Waals surface area contributed by atoms with Crippen molar-refractivity contribution in [1.82, 2.24) is 0 Å². The van der Waals surface area contributed by atoms with E-state index in [-0.39, 0.29) is 16.5 Å². The summed E-state index contributed by atoms with van der Waals surface area (Å²) in [5, 5.41) is 11.0. The van der Waals surface area contributed by atoms with Crippen LogP contribution in [-0.4, -0.2) is 18.5 Å². The lowest BCUT2D eigenvalue weighted by atomic mass is 10.1. The molecule has 4 nitrogen and oxygen atoms in total. The minimum absolute atomic E-state index is 0.117. The largest absolute Gasteiger partial charge is 0.369 e. The van der Waals surface area contributed by atoms with Gasteiger partial charge in [0.05, 0.1) is 4.92 Å². The van der Waals surface area contributed by atoms with E-state index in [0.717, 1.165) is 12.1 Å². The second kappa shape index (κ2) is 5.87. The highest BCUT2D eigenvalue weighted by Gasteiger charge is 2.18. The lowest BCUT2D eigenvalue weighted by molar-refractivity contribution is -0.384. The van der Waals surface area contributed by atoms with E-state index in [9.17, 15) is 10.1 Å². The van der Waals surface area contributed by atoms with Gasteiger partial charge in [-0.15, -0.1) is 11.6 Å². The molecule has 0 N–H and O–H groups in total. The number of anilines is 1. The molecule has 0 amide bonds. The summed E-state index contributed by atoms with van der Waals surface area (Å²) < 4.78 is 0.